The Bertz CT molecular complexity index is 609. The quantitative estimate of drug-likeness (QED) is 0.614. The molecule has 0 spiro atoms. The summed E-state index contributed by atoms with van der Waals surface area (Å²) < 4.78 is 30.7. The molecule has 0 saturated carbocycles. The fourth-order valence-electron chi connectivity index (χ4n) is 1.85. The van der Waals surface area contributed by atoms with Crippen molar-refractivity contribution < 1.29 is 22.9 Å². The number of ether oxygens (including phenoxy) is 1. The van der Waals surface area contributed by atoms with Crippen LogP contribution < -0.4 is 4.74 Å². The van der Waals surface area contributed by atoms with E-state index in [2.05, 4.69) is 0 Å². The topological polar surface area (TPSA) is 99.0 Å². The maximum absolute atomic E-state index is 12.4. The SMILES string of the molecule is COc1ccc([N+](=O)[O-])cc1S(=O)(=O)N1CCCCO1. The summed E-state index contributed by atoms with van der Waals surface area (Å²) in [6.07, 6.45) is 1.45. The van der Waals surface area contributed by atoms with E-state index in [9.17, 15) is 18.5 Å². The van der Waals surface area contributed by atoms with Gasteiger partial charge >= 0.3 is 0 Å². The Balaban J connectivity index is 2.48. The largest absolute Gasteiger partial charge is 0.495 e. The van der Waals surface area contributed by atoms with Crippen molar-refractivity contribution in [2.45, 2.75) is 17.7 Å². The first-order valence-corrected chi connectivity index (χ1v) is 7.39. The second kappa shape index (κ2) is 5.73. The summed E-state index contributed by atoms with van der Waals surface area (Å²) in [6.45, 7) is 0.519. The molecule has 110 valence electrons. The normalized spacial score (nSPS) is 16.9. The molecular formula is C11H14N2O6S. The van der Waals surface area contributed by atoms with Crippen LogP contribution in [0.2, 0.25) is 0 Å². The van der Waals surface area contributed by atoms with E-state index >= 15 is 0 Å². The fourth-order valence-corrected chi connectivity index (χ4v) is 3.33. The third-order valence-corrected chi connectivity index (χ3v) is 4.57. The number of benzene rings is 1. The van der Waals surface area contributed by atoms with Crippen molar-refractivity contribution in [1.29, 1.82) is 0 Å². The minimum Gasteiger partial charge on any atom is -0.495 e. The summed E-state index contributed by atoms with van der Waals surface area (Å²) in [4.78, 5) is 15.0. The van der Waals surface area contributed by atoms with E-state index < -0.39 is 14.9 Å². The zero-order valence-electron chi connectivity index (χ0n) is 10.8. The Morgan fingerprint density at radius 1 is 1.40 bits per heavy atom. The molecule has 0 atom stereocenters. The maximum Gasteiger partial charge on any atom is 0.271 e. The van der Waals surface area contributed by atoms with Crippen molar-refractivity contribution >= 4 is 15.7 Å². The average Bonchev–Trinajstić information content (AvgIpc) is 2.47. The molecule has 1 aliphatic heterocycles. The Kier molecular flexibility index (Phi) is 4.21. The lowest BCUT2D eigenvalue weighted by Crippen LogP contribution is -2.35. The number of hydrogen-bond donors (Lipinski definition) is 0. The first kappa shape index (κ1) is 14.7. The van der Waals surface area contributed by atoms with Crippen molar-refractivity contribution in [3.8, 4) is 5.75 Å². The minimum absolute atomic E-state index is 0.0461. The lowest BCUT2D eigenvalue weighted by molar-refractivity contribution is -0.385. The zero-order chi connectivity index (χ0) is 14.8. The second-order valence-corrected chi connectivity index (χ2v) is 5.96. The van der Waals surface area contributed by atoms with Gasteiger partial charge in [0.05, 0.1) is 18.6 Å². The Morgan fingerprint density at radius 2 is 2.15 bits per heavy atom. The van der Waals surface area contributed by atoms with Gasteiger partial charge in [-0.05, 0) is 18.9 Å². The zero-order valence-corrected chi connectivity index (χ0v) is 11.6. The first-order valence-electron chi connectivity index (χ1n) is 5.95. The molecule has 20 heavy (non-hydrogen) atoms. The second-order valence-electron chi connectivity index (χ2n) is 4.16. The van der Waals surface area contributed by atoms with Crippen LogP contribution in [0, 0.1) is 10.1 Å². The highest BCUT2D eigenvalue weighted by Gasteiger charge is 2.31. The van der Waals surface area contributed by atoms with Crippen molar-refractivity contribution in [2.24, 2.45) is 0 Å². The number of non-ortho nitro benzene ring substituents is 1. The first-order chi connectivity index (χ1) is 9.46. The summed E-state index contributed by atoms with van der Waals surface area (Å²) in [5.74, 6) is 0.0461. The lowest BCUT2D eigenvalue weighted by Gasteiger charge is -2.25. The van der Waals surface area contributed by atoms with E-state index in [0.29, 0.717) is 13.0 Å². The van der Waals surface area contributed by atoms with E-state index in [0.717, 1.165) is 17.0 Å². The molecule has 0 radical (unpaired) electrons. The van der Waals surface area contributed by atoms with Crippen LogP contribution in [-0.4, -0.2) is 38.1 Å². The van der Waals surface area contributed by atoms with Gasteiger partial charge < -0.3 is 4.74 Å². The van der Waals surface area contributed by atoms with Gasteiger partial charge in [-0.2, -0.15) is 0 Å². The summed E-state index contributed by atoms with van der Waals surface area (Å²) in [5.41, 5.74) is -0.318. The summed E-state index contributed by atoms with van der Waals surface area (Å²) in [7, 11) is -2.68. The van der Waals surface area contributed by atoms with Gasteiger partial charge in [0.2, 0.25) is 0 Å². The van der Waals surface area contributed by atoms with Crippen molar-refractivity contribution in [2.75, 3.05) is 20.3 Å². The van der Waals surface area contributed by atoms with Gasteiger partial charge in [0.15, 0.2) is 0 Å². The fraction of sp³-hybridized carbons (Fsp3) is 0.455. The van der Waals surface area contributed by atoms with Gasteiger partial charge in [-0.25, -0.2) is 8.42 Å². The van der Waals surface area contributed by atoms with Crippen molar-refractivity contribution in [1.82, 2.24) is 4.47 Å². The molecule has 1 aromatic rings. The van der Waals surface area contributed by atoms with Gasteiger partial charge in [-0.3, -0.25) is 15.0 Å². The van der Waals surface area contributed by atoms with Crippen LogP contribution in [0.1, 0.15) is 12.8 Å². The van der Waals surface area contributed by atoms with Crippen molar-refractivity contribution in [3.63, 3.8) is 0 Å². The monoisotopic (exact) mass is 302 g/mol. The molecule has 0 aliphatic carbocycles. The number of sulfonamides is 1. The van der Waals surface area contributed by atoms with Gasteiger partial charge in [0.1, 0.15) is 10.6 Å². The number of nitro benzene ring substituents is 1. The van der Waals surface area contributed by atoms with Crippen LogP contribution in [0.3, 0.4) is 0 Å². The number of rotatable bonds is 4. The van der Waals surface area contributed by atoms with E-state index in [1.165, 1.54) is 19.2 Å². The van der Waals surface area contributed by atoms with Crippen LogP contribution in [-0.2, 0) is 14.9 Å². The summed E-state index contributed by atoms with van der Waals surface area (Å²) in [6, 6.07) is 3.43. The molecule has 0 unspecified atom stereocenters. The van der Waals surface area contributed by atoms with Crippen LogP contribution in [0.15, 0.2) is 23.1 Å². The molecule has 1 aromatic carbocycles. The molecule has 0 amide bonds. The maximum atomic E-state index is 12.4. The van der Waals surface area contributed by atoms with Crippen LogP contribution >= 0.6 is 0 Å². The molecule has 1 fully saturated rings. The molecule has 1 saturated heterocycles. The van der Waals surface area contributed by atoms with Crippen molar-refractivity contribution in [3.05, 3.63) is 28.3 Å². The van der Waals surface area contributed by atoms with Crippen LogP contribution in [0.25, 0.3) is 0 Å². The van der Waals surface area contributed by atoms with Crippen LogP contribution in [0.5, 0.6) is 5.75 Å². The number of hydrogen-bond acceptors (Lipinski definition) is 6. The van der Waals surface area contributed by atoms with E-state index in [-0.39, 0.29) is 22.9 Å². The number of nitrogens with zero attached hydrogens (tertiary/aromatic N) is 2. The van der Waals surface area contributed by atoms with E-state index in [1.807, 2.05) is 0 Å². The van der Waals surface area contributed by atoms with Gasteiger partial charge in [0, 0.05) is 18.7 Å². The highest BCUT2D eigenvalue weighted by molar-refractivity contribution is 7.89. The molecule has 0 bridgehead atoms. The average molecular weight is 302 g/mol. The Morgan fingerprint density at radius 3 is 2.70 bits per heavy atom. The van der Waals surface area contributed by atoms with Gasteiger partial charge in [-0.15, -0.1) is 0 Å². The van der Waals surface area contributed by atoms with E-state index in [4.69, 9.17) is 9.57 Å². The number of nitro groups is 1. The van der Waals surface area contributed by atoms with E-state index in [1.54, 1.807) is 0 Å². The molecule has 9 heteroatoms. The Hall–Kier alpha value is -1.71. The highest BCUT2D eigenvalue weighted by Crippen LogP contribution is 2.31. The molecule has 2 rings (SSSR count). The third-order valence-electron chi connectivity index (χ3n) is 2.87. The number of methoxy groups -OCH3 is 1. The molecule has 8 nitrogen and oxygen atoms in total. The lowest BCUT2D eigenvalue weighted by atomic mass is 10.3. The smallest absolute Gasteiger partial charge is 0.271 e. The Labute approximate surface area is 116 Å². The van der Waals surface area contributed by atoms with Crippen LogP contribution in [0.4, 0.5) is 5.69 Å². The predicted octanol–water partition coefficient (Wildman–Crippen LogP) is 1.32. The molecular weight excluding hydrogens is 288 g/mol. The number of hydroxylamine groups is 1. The molecule has 0 N–H and O–H groups in total. The summed E-state index contributed by atoms with van der Waals surface area (Å²) in [5, 5.41) is 10.8. The molecule has 0 aromatic heterocycles. The van der Waals surface area contributed by atoms with Gasteiger partial charge in [-0.1, -0.05) is 4.47 Å². The standard InChI is InChI=1S/C11H14N2O6S/c1-18-10-5-4-9(13(14)15)8-11(10)20(16,17)12-6-2-3-7-19-12/h4-5,8H,2-3,6-7H2,1H3. The summed E-state index contributed by atoms with van der Waals surface area (Å²) >= 11 is 0. The molecule has 1 heterocycles. The third kappa shape index (κ3) is 2.74. The molecule has 1 aliphatic rings. The minimum atomic E-state index is -3.98. The highest BCUT2D eigenvalue weighted by atomic mass is 32.2. The van der Waals surface area contributed by atoms with Gasteiger partial charge in [0.25, 0.3) is 15.7 Å². The predicted molar refractivity (Wildman–Crippen MR) is 68.7 cm³/mol.